The van der Waals surface area contributed by atoms with Gasteiger partial charge in [-0.25, -0.2) is 12.8 Å². The van der Waals surface area contributed by atoms with Gasteiger partial charge in [0.2, 0.25) is 0 Å². The van der Waals surface area contributed by atoms with Crippen molar-refractivity contribution in [3.05, 3.63) is 52.7 Å². The van der Waals surface area contributed by atoms with E-state index in [-0.39, 0.29) is 5.82 Å². The molecule has 4 nitrogen and oxygen atoms in total. The Morgan fingerprint density at radius 2 is 2.17 bits per heavy atom. The summed E-state index contributed by atoms with van der Waals surface area (Å²) in [6, 6.07) is 9.30. The van der Waals surface area contributed by atoms with E-state index in [1.54, 1.807) is 18.2 Å². The first-order valence-corrected chi connectivity index (χ1v) is 9.84. The van der Waals surface area contributed by atoms with E-state index in [4.69, 9.17) is 0 Å². The number of hydrogen-bond donors (Lipinski definition) is 1. The van der Waals surface area contributed by atoms with E-state index in [1.165, 1.54) is 27.8 Å². The second-order valence-corrected chi connectivity index (χ2v) is 8.75. The second-order valence-electron chi connectivity index (χ2n) is 5.46. The first-order chi connectivity index (χ1) is 11.0. The van der Waals surface area contributed by atoms with Crippen molar-refractivity contribution >= 4 is 21.4 Å². The molecule has 1 saturated heterocycles. The largest absolute Gasteiger partial charge is 0.313 e. The smallest absolute Gasteiger partial charge is 0.253 e. The van der Waals surface area contributed by atoms with Gasteiger partial charge in [-0.05, 0) is 36.2 Å². The third-order valence-electron chi connectivity index (χ3n) is 3.98. The molecule has 0 spiro atoms. The highest BCUT2D eigenvalue weighted by Crippen LogP contribution is 2.32. The molecule has 2 heterocycles. The summed E-state index contributed by atoms with van der Waals surface area (Å²) in [7, 11) is -3.57. The number of hydrogen-bond acceptors (Lipinski definition) is 4. The van der Waals surface area contributed by atoms with E-state index in [0.29, 0.717) is 29.4 Å². The van der Waals surface area contributed by atoms with Gasteiger partial charge in [-0.3, -0.25) is 0 Å². The summed E-state index contributed by atoms with van der Waals surface area (Å²) in [5, 5.41) is 3.20. The number of rotatable bonds is 4. The highest BCUT2D eigenvalue weighted by Gasteiger charge is 2.35. The lowest BCUT2D eigenvalue weighted by Crippen LogP contribution is -2.48. The highest BCUT2D eigenvalue weighted by molar-refractivity contribution is 7.91. The number of thiophene rings is 1. The summed E-state index contributed by atoms with van der Waals surface area (Å²) in [4.78, 5) is 1.04. The van der Waals surface area contributed by atoms with Crippen LogP contribution in [0.1, 0.15) is 23.4 Å². The fourth-order valence-electron chi connectivity index (χ4n) is 2.77. The zero-order valence-electron chi connectivity index (χ0n) is 12.8. The van der Waals surface area contributed by atoms with Crippen LogP contribution in [-0.2, 0) is 16.4 Å². The van der Waals surface area contributed by atoms with Gasteiger partial charge in [-0.1, -0.05) is 19.1 Å². The molecular weight excluding hydrogens is 335 g/mol. The van der Waals surface area contributed by atoms with Crippen LogP contribution < -0.4 is 5.32 Å². The van der Waals surface area contributed by atoms with Crippen molar-refractivity contribution in [2.24, 2.45) is 0 Å². The van der Waals surface area contributed by atoms with E-state index in [1.807, 2.05) is 13.0 Å². The first-order valence-electron chi connectivity index (χ1n) is 7.59. The van der Waals surface area contributed by atoms with E-state index in [9.17, 15) is 12.8 Å². The van der Waals surface area contributed by atoms with Crippen LogP contribution >= 0.6 is 11.3 Å². The van der Waals surface area contributed by atoms with Gasteiger partial charge in [0.1, 0.15) is 10.0 Å². The van der Waals surface area contributed by atoms with Gasteiger partial charge in [0.15, 0.2) is 0 Å². The van der Waals surface area contributed by atoms with Crippen molar-refractivity contribution in [1.29, 1.82) is 0 Å². The maximum absolute atomic E-state index is 13.5. The Morgan fingerprint density at radius 1 is 1.35 bits per heavy atom. The van der Waals surface area contributed by atoms with Gasteiger partial charge < -0.3 is 5.32 Å². The molecule has 1 aliphatic rings. The summed E-state index contributed by atoms with van der Waals surface area (Å²) < 4.78 is 41.4. The SMILES string of the molecule is CCc1ccc(S(=O)(=O)N2CCNCC2c2cccc(F)c2)s1. The number of sulfonamides is 1. The molecule has 1 atom stereocenters. The fraction of sp³-hybridized carbons (Fsp3) is 0.375. The Labute approximate surface area is 140 Å². The molecule has 0 amide bonds. The lowest BCUT2D eigenvalue weighted by atomic mass is 10.1. The Balaban J connectivity index is 1.97. The molecule has 0 radical (unpaired) electrons. The van der Waals surface area contributed by atoms with E-state index < -0.39 is 16.1 Å². The van der Waals surface area contributed by atoms with E-state index in [2.05, 4.69) is 5.32 Å². The van der Waals surface area contributed by atoms with Crippen LogP contribution in [0.15, 0.2) is 40.6 Å². The Morgan fingerprint density at radius 3 is 2.87 bits per heavy atom. The molecule has 0 bridgehead atoms. The topological polar surface area (TPSA) is 49.4 Å². The Bertz CT molecular complexity index is 789. The van der Waals surface area contributed by atoms with Gasteiger partial charge >= 0.3 is 0 Å². The van der Waals surface area contributed by atoms with Crippen LogP contribution in [0, 0.1) is 5.82 Å². The molecule has 1 unspecified atom stereocenters. The van der Waals surface area contributed by atoms with Gasteiger partial charge in [0.25, 0.3) is 10.0 Å². The molecule has 23 heavy (non-hydrogen) atoms. The molecule has 3 rings (SSSR count). The van der Waals surface area contributed by atoms with Crippen molar-refractivity contribution in [2.75, 3.05) is 19.6 Å². The molecule has 1 aliphatic heterocycles. The van der Waals surface area contributed by atoms with E-state index in [0.717, 1.165) is 11.3 Å². The number of nitrogens with one attached hydrogen (secondary N) is 1. The number of aryl methyl sites for hydroxylation is 1. The average Bonchev–Trinajstić information content (AvgIpc) is 3.05. The maximum Gasteiger partial charge on any atom is 0.253 e. The van der Waals surface area contributed by atoms with Gasteiger partial charge in [0.05, 0.1) is 6.04 Å². The van der Waals surface area contributed by atoms with Crippen LogP contribution in [0.4, 0.5) is 4.39 Å². The van der Waals surface area contributed by atoms with Crippen molar-refractivity contribution < 1.29 is 12.8 Å². The average molecular weight is 354 g/mol. The minimum absolute atomic E-state index is 0.352. The normalized spacial score (nSPS) is 19.8. The first kappa shape index (κ1) is 16.6. The molecule has 1 fully saturated rings. The third kappa shape index (κ3) is 3.33. The second kappa shape index (κ2) is 6.68. The fourth-order valence-corrected chi connectivity index (χ4v) is 5.81. The van der Waals surface area contributed by atoms with Gasteiger partial charge in [-0.15, -0.1) is 11.3 Å². The van der Waals surface area contributed by atoms with Gasteiger partial charge in [-0.2, -0.15) is 4.31 Å². The van der Waals surface area contributed by atoms with Gasteiger partial charge in [0, 0.05) is 24.5 Å². The van der Waals surface area contributed by atoms with Crippen molar-refractivity contribution in [1.82, 2.24) is 9.62 Å². The zero-order chi connectivity index (χ0) is 16.4. The predicted molar refractivity (Wildman–Crippen MR) is 89.6 cm³/mol. The molecule has 1 aromatic carbocycles. The van der Waals surface area contributed by atoms with Crippen LogP contribution in [0.25, 0.3) is 0 Å². The van der Waals surface area contributed by atoms with Crippen molar-refractivity contribution in [2.45, 2.75) is 23.6 Å². The summed E-state index contributed by atoms with van der Waals surface area (Å²) in [5.41, 5.74) is 0.674. The quantitative estimate of drug-likeness (QED) is 0.918. The minimum Gasteiger partial charge on any atom is -0.313 e. The Hall–Kier alpha value is -1.28. The number of nitrogens with zero attached hydrogens (tertiary/aromatic N) is 1. The molecule has 1 N–H and O–H groups in total. The minimum atomic E-state index is -3.57. The predicted octanol–water partition coefficient (Wildman–Crippen LogP) is 2.78. The van der Waals surface area contributed by atoms with Crippen LogP contribution in [0.2, 0.25) is 0 Å². The van der Waals surface area contributed by atoms with Crippen LogP contribution in [0.5, 0.6) is 0 Å². The van der Waals surface area contributed by atoms with Crippen molar-refractivity contribution in [3.8, 4) is 0 Å². The zero-order valence-corrected chi connectivity index (χ0v) is 14.5. The molecule has 124 valence electrons. The maximum atomic E-state index is 13.5. The van der Waals surface area contributed by atoms with Crippen molar-refractivity contribution in [3.63, 3.8) is 0 Å². The lowest BCUT2D eigenvalue weighted by Gasteiger charge is -2.35. The molecular formula is C16H19FN2O2S2. The summed E-state index contributed by atoms with van der Waals surface area (Å²) in [6.45, 7) is 3.46. The summed E-state index contributed by atoms with van der Waals surface area (Å²) in [5.74, 6) is -0.352. The molecule has 1 aromatic heterocycles. The number of piperazine rings is 1. The number of halogens is 1. The number of benzene rings is 1. The summed E-state index contributed by atoms with van der Waals surface area (Å²) >= 11 is 1.31. The third-order valence-corrected chi connectivity index (χ3v) is 7.58. The Kier molecular flexibility index (Phi) is 4.82. The highest BCUT2D eigenvalue weighted by atomic mass is 32.2. The molecule has 7 heteroatoms. The van der Waals surface area contributed by atoms with E-state index >= 15 is 0 Å². The lowest BCUT2D eigenvalue weighted by molar-refractivity contribution is 0.271. The molecule has 0 saturated carbocycles. The molecule has 0 aliphatic carbocycles. The van der Waals surface area contributed by atoms with Crippen LogP contribution in [0.3, 0.4) is 0 Å². The van der Waals surface area contributed by atoms with Crippen LogP contribution in [-0.4, -0.2) is 32.4 Å². The standard InChI is InChI=1S/C16H19FN2O2S2/c1-2-14-6-7-16(22-14)23(20,21)19-9-8-18-11-15(19)12-4-3-5-13(17)10-12/h3-7,10,15,18H,2,8-9,11H2,1H3. The monoisotopic (exact) mass is 354 g/mol. The summed E-state index contributed by atoms with van der Waals surface area (Å²) in [6.07, 6.45) is 0.815. The molecule has 2 aromatic rings.